The zero-order valence-corrected chi connectivity index (χ0v) is 16.8. The topological polar surface area (TPSA) is 59.4 Å². The van der Waals surface area contributed by atoms with Crippen molar-refractivity contribution in [2.45, 2.75) is 12.6 Å². The van der Waals surface area contributed by atoms with Crippen LogP contribution >= 0.6 is 11.6 Å². The van der Waals surface area contributed by atoms with E-state index in [0.717, 1.165) is 36.9 Å². The molecule has 0 saturated carbocycles. The molecule has 1 amide bonds. The molecule has 2 aromatic carbocycles. The maximum Gasteiger partial charge on any atom is 0.416 e. The summed E-state index contributed by atoms with van der Waals surface area (Å²) in [6.07, 6.45) is -3.73. The highest BCUT2D eigenvalue weighted by molar-refractivity contribution is 6.33. The van der Waals surface area contributed by atoms with Gasteiger partial charge in [-0.2, -0.15) is 18.4 Å². The second-order valence-corrected chi connectivity index (χ2v) is 7.39. The van der Waals surface area contributed by atoms with E-state index in [9.17, 15) is 23.2 Å². The second kappa shape index (κ2) is 9.37. The van der Waals surface area contributed by atoms with Crippen molar-refractivity contribution in [3.05, 3.63) is 58.6 Å². The maximum atomic E-state index is 12.9. The van der Waals surface area contributed by atoms with Crippen LogP contribution < -0.4 is 10.2 Å². The number of rotatable bonds is 4. The third-order valence-electron chi connectivity index (χ3n) is 4.89. The first-order valence-corrected chi connectivity index (χ1v) is 9.79. The minimum absolute atomic E-state index is 0.0420. The van der Waals surface area contributed by atoms with Crippen LogP contribution in [0.5, 0.6) is 0 Å². The number of para-hydroxylation sites is 1. The summed E-state index contributed by atoms with van der Waals surface area (Å²) in [5.41, 5.74) is 0.532. The van der Waals surface area contributed by atoms with Crippen LogP contribution in [0.3, 0.4) is 0 Å². The summed E-state index contributed by atoms with van der Waals surface area (Å²) < 4.78 is 38.7. The van der Waals surface area contributed by atoms with E-state index >= 15 is 0 Å². The molecule has 1 heterocycles. The van der Waals surface area contributed by atoms with Crippen LogP contribution in [-0.4, -0.2) is 43.5 Å². The first-order valence-electron chi connectivity index (χ1n) is 9.41. The van der Waals surface area contributed by atoms with E-state index in [-0.39, 0.29) is 17.3 Å². The van der Waals surface area contributed by atoms with E-state index in [4.69, 9.17) is 11.6 Å². The molecule has 1 fully saturated rings. The molecule has 0 radical (unpaired) electrons. The minimum Gasteiger partial charge on any atom is -0.369 e. The number of halogens is 4. The van der Waals surface area contributed by atoms with Gasteiger partial charge in [0.25, 0.3) is 0 Å². The Morgan fingerprint density at radius 2 is 1.90 bits per heavy atom. The van der Waals surface area contributed by atoms with Gasteiger partial charge in [-0.25, -0.2) is 0 Å². The molecule has 30 heavy (non-hydrogen) atoms. The summed E-state index contributed by atoms with van der Waals surface area (Å²) in [7, 11) is 0. The van der Waals surface area contributed by atoms with E-state index in [1.165, 1.54) is 0 Å². The lowest BCUT2D eigenvalue weighted by molar-refractivity contribution is -0.137. The minimum atomic E-state index is -4.52. The lowest BCUT2D eigenvalue weighted by Gasteiger charge is -2.24. The third-order valence-corrected chi connectivity index (χ3v) is 5.22. The standard InChI is InChI=1S/C21H20ClF3N4O/c22-17-7-6-16(21(23,24)25)12-18(17)27-20(30)14-28-8-3-9-29(11-10-28)19-5-2-1-4-15(19)13-26/h1-2,4-7,12H,3,8-11,14H2,(H,27,30). The van der Waals surface area contributed by atoms with Crippen LogP contribution in [0, 0.1) is 11.3 Å². The van der Waals surface area contributed by atoms with Gasteiger partial charge < -0.3 is 10.2 Å². The number of nitrogens with one attached hydrogen (secondary N) is 1. The average Bonchev–Trinajstić information content (AvgIpc) is 2.94. The second-order valence-electron chi connectivity index (χ2n) is 6.99. The van der Waals surface area contributed by atoms with Gasteiger partial charge in [0.05, 0.1) is 34.1 Å². The Morgan fingerprint density at radius 3 is 2.63 bits per heavy atom. The smallest absolute Gasteiger partial charge is 0.369 e. The molecule has 1 N–H and O–H groups in total. The first kappa shape index (κ1) is 21.9. The van der Waals surface area contributed by atoms with E-state index in [1.54, 1.807) is 6.07 Å². The third kappa shape index (κ3) is 5.43. The molecule has 5 nitrogen and oxygen atoms in total. The fourth-order valence-electron chi connectivity index (χ4n) is 3.40. The molecular formula is C21H20ClF3N4O. The van der Waals surface area contributed by atoms with Gasteiger partial charge in [-0.05, 0) is 36.8 Å². The molecule has 1 saturated heterocycles. The molecule has 0 atom stereocenters. The lowest BCUT2D eigenvalue weighted by atomic mass is 10.1. The summed E-state index contributed by atoms with van der Waals surface area (Å²) in [4.78, 5) is 16.5. The molecular weight excluding hydrogens is 417 g/mol. The van der Waals surface area contributed by atoms with Gasteiger partial charge in [0.1, 0.15) is 6.07 Å². The van der Waals surface area contributed by atoms with Crippen molar-refractivity contribution in [1.29, 1.82) is 5.26 Å². The van der Waals surface area contributed by atoms with Crippen LogP contribution in [0.25, 0.3) is 0 Å². The van der Waals surface area contributed by atoms with Gasteiger partial charge >= 0.3 is 6.18 Å². The highest BCUT2D eigenvalue weighted by atomic mass is 35.5. The average molecular weight is 437 g/mol. The van der Waals surface area contributed by atoms with Crippen LogP contribution in [-0.2, 0) is 11.0 Å². The molecule has 0 aliphatic carbocycles. The SMILES string of the molecule is N#Cc1ccccc1N1CCCN(CC(=O)Nc2cc(C(F)(F)F)ccc2Cl)CC1. The van der Waals surface area contributed by atoms with Crippen molar-refractivity contribution >= 4 is 28.9 Å². The van der Waals surface area contributed by atoms with Gasteiger partial charge in [0.2, 0.25) is 5.91 Å². The number of hydrogen-bond donors (Lipinski definition) is 1. The number of hydrogen-bond acceptors (Lipinski definition) is 4. The number of carbonyl (C=O) groups is 1. The molecule has 158 valence electrons. The van der Waals surface area contributed by atoms with Crippen LogP contribution in [0.15, 0.2) is 42.5 Å². The largest absolute Gasteiger partial charge is 0.416 e. The van der Waals surface area contributed by atoms with Crippen LogP contribution in [0.4, 0.5) is 24.5 Å². The zero-order chi connectivity index (χ0) is 21.7. The van der Waals surface area contributed by atoms with Crippen molar-refractivity contribution in [2.75, 3.05) is 42.9 Å². The summed E-state index contributed by atoms with van der Waals surface area (Å²) in [5, 5.41) is 11.8. The Morgan fingerprint density at radius 1 is 1.13 bits per heavy atom. The van der Waals surface area contributed by atoms with Gasteiger partial charge in [0, 0.05) is 26.2 Å². The Balaban J connectivity index is 1.61. The van der Waals surface area contributed by atoms with E-state index in [1.807, 2.05) is 23.1 Å². The highest BCUT2D eigenvalue weighted by Crippen LogP contribution is 2.33. The number of amides is 1. The molecule has 3 rings (SSSR count). The number of nitriles is 1. The quantitative estimate of drug-likeness (QED) is 0.772. The Hall–Kier alpha value is -2.76. The number of anilines is 2. The number of alkyl halides is 3. The molecule has 0 unspecified atom stereocenters. The number of nitrogens with zero attached hydrogens (tertiary/aromatic N) is 3. The number of benzene rings is 2. The van der Waals surface area contributed by atoms with Gasteiger partial charge in [0.15, 0.2) is 0 Å². The van der Waals surface area contributed by atoms with Crippen LogP contribution in [0.2, 0.25) is 5.02 Å². The monoisotopic (exact) mass is 436 g/mol. The molecule has 9 heteroatoms. The molecule has 1 aliphatic rings. The Bertz CT molecular complexity index is 958. The van der Waals surface area contributed by atoms with Gasteiger partial charge in [-0.3, -0.25) is 9.69 Å². The van der Waals surface area contributed by atoms with E-state index < -0.39 is 17.6 Å². The molecule has 0 bridgehead atoms. The predicted octanol–water partition coefficient (Wildman–Crippen LogP) is 4.38. The Labute approximate surface area is 177 Å². The van der Waals surface area contributed by atoms with E-state index in [0.29, 0.717) is 25.2 Å². The molecule has 2 aromatic rings. The Kier molecular flexibility index (Phi) is 6.85. The van der Waals surface area contributed by atoms with E-state index in [2.05, 4.69) is 16.3 Å². The first-order chi connectivity index (χ1) is 14.3. The fraction of sp³-hybridized carbons (Fsp3) is 0.333. The lowest BCUT2D eigenvalue weighted by Crippen LogP contribution is -2.36. The van der Waals surface area contributed by atoms with Crippen molar-refractivity contribution in [3.8, 4) is 6.07 Å². The fourth-order valence-corrected chi connectivity index (χ4v) is 3.57. The maximum absolute atomic E-state index is 12.9. The van der Waals surface area contributed by atoms with Crippen LogP contribution in [0.1, 0.15) is 17.5 Å². The molecule has 0 spiro atoms. The zero-order valence-electron chi connectivity index (χ0n) is 16.0. The summed E-state index contributed by atoms with van der Waals surface area (Å²) in [6, 6.07) is 12.4. The van der Waals surface area contributed by atoms with Gasteiger partial charge in [-0.1, -0.05) is 23.7 Å². The summed E-state index contributed by atoms with van der Waals surface area (Å²) >= 11 is 5.95. The van der Waals surface area contributed by atoms with Crippen molar-refractivity contribution in [1.82, 2.24) is 4.90 Å². The summed E-state index contributed by atoms with van der Waals surface area (Å²) in [6.45, 7) is 2.67. The molecule has 1 aliphatic heterocycles. The number of carbonyl (C=O) groups excluding carboxylic acids is 1. The van der Waals surface area contributed by atoms with Gasteiger partial charge in [-0.15, -0.1) is 0 Å². The normalized spacial score (nSPS) is 15.4. The van der Waals surface area contributed by atoms with Crippen molar-refractivity contribution in [2.24, 2.45) is 0 Å². The van der Waals surface area contributed by atoms with Crippen molar-refractivity contribution < 1.29 is 18.0 Å². The molecule has 0 aromatic heterocycles. The predicted molar refractivity (Wildman–Crippen MR) is 110 cm³/mol. The summed E-state index contributed by atoms with van der Waals surface area (Å²) in [5.74, 6) is -0.429. The van der Waals surface area contributed by atoms with Crippen molar-refractivity contribution in [3.63, 3.8) is 0 Å². The highest BCUT2D eigenvalue weighted by Gasteiger charge is 2.31.